The van der Waals surface area contributed by atoms with Crippen LogP contribution in [0.4, 0.5) is 8.78 Å². The molecule has 0 aliphatic carbocycles. The van der Waals surface area contributed by atoms with Crippen molar-refractivity contribution < 1.29 is 8.78 Å². The second kappa shape index (κ2) is 5.56. The summed E-state index contributed by atoms with van der Waals surface area (Å²) in [5, 5.41) is 0. The fraction of sp³-hybridized carbons (Fsp3) is 0.538. The SMILES string of the molecule is NC[C@H]1CCCN(Cc2ccc(F)cc2F)C1. The van der Waals surface area contributed by atoms with E-state index in [0.29, 0.717) is 24.6 Å². The van der Waals surface area contributed by atoms with Gasteiger partial charge in [-0.3, -0.25) is 4.90 Å². The zero-order valence-corrected chi connectivity index (χ0v) is 9.83. The maximum absolute atomic E-state index is 13.5. The molecule has 0 saturated carbocycles. The highest BCUT2D eigenvalue weighted by Crippen LogP contribution is 2.19. The van der Waals surface area contributed by atoms with Gasteiger partial charge in [0.15, 0.2) is 0 Å². The summed E-state index contributed by atoms with van der Waals surface area (Å²) in [6.07, 6.45) is 2.25. The third-order valence-corrected chi connectivity index (χ3v) is 3.35. The van der Waals surface area contributed by atoms with Gasteiger partial charge in [-0.05, 0) is 37.9 Å². The Morgan fingerprint density at radius 3 is 2.88 bits per heavy atom. The summed E-state index contributed by atoms with van der Waals surface area (Å²) >= 11 is 0. The first kappa shape index (κ1) is 12.5. The molecule has 94 valence electrons. The van der Waals surface area contributed by atoms with Crippen molar-refractivity contribution in [3.05, 3.63) is 35.4 Å². The number of rotatable bonds is 3. The Morgan fingerprint density at radius 1 is 1.35 bits per heavy atom. The summed E-state index contributed by atoms with van der Waals surface area (Å²) in [7, 11) is 0. The quantitative estimate of drug-likeness (QED) is 0.877. The molecule has 2 rings (SSSR count). The van der Waals surface area contributed by atoms with Gasteiger partial charge in [0, 0.05) is 24.7 Å². The highest BCUT2D eigenvalue weighted by atomic mass is 19.1. The van der Waals surface area contributed by atoms with E-state index in [1.807, 2.05) is 0 Å². The second-order valence-corrected chi connectivity index (χ2v) is 4.71. The highest BCUT2D eigenvalue weighted by Gasteiger charge is 2.19. The number of benzene rings is 1. The van der Waals surface area contributed by atoms with E-state index in [0.717, 1.165) is 32.0 Å². The van der Waals surface area contributed by atoms with Crippen LogP contribution in [0.25, 0.3) is 0 Å². The lowest BCUT2D eigenvalue weighted by molar-refractivity contribution is 0.169. The standard InChI is InChI=1S/C13H18F2N2/c14-12-4-3-11(13(15)6-12)9-17-5-1-2-10(7-16)8-17/h3-4,6,10H,1-2,5,7-9,16H2/t10-/m1/s1. The van der Waals surface area contributed by atoms with E-state index in [1.54, 1.807) is 0 Å². The minimum absolute atomic E-state index is 0.458. The maximum Gasteiger partial charge on any atom is 0.130 e. The first-order chi connectivity index (χ1) is 8.19. The van der Waals surface area contributed by atoms with Gasteiger partial charge in [0.25, 0.3) is 0 Å². The van der Waals surface area contributed by atoms with Crippen molar-refractivity contribution in [3.8, 4) is 0 Å². The van der Waals surface area contributed by atoms with Crippen molar-refractivity contribution in [2.45, 2.75) is 19.4 Å². The average Bonchev–Trinajstić information content (AvgIpc) is 2.33. The third kappa shape index (κ3) is 3.23. The van der Waals surface area contributed by atoms with Gasteiger partial charge in [-0.15, -0.1) is 0 Å². The Bertz CT molecular complexity index is 382. The van der Waals surface area contributed by atoms with Gasteiger partial charge in [0.05, 0.1) is 0 Å². The Balaban J connectivity index is 2.00. The van der Waals surface area contributed by atoms with Gasteiger partial charge in [0.1, 0.15) is 11.6 Å². The predicted octanol–water partition coefficient (Wildman–Crippen LogP) is 2.14. The number of likely N-dealkylation sites (tertiary alicyclic amines) is 1. The van der Waals surface area contributed by atoms with Crippen LogP contribution in [0.1, 0.15) is 18.4 Å². The van der Waals surface area contributed by atoms with Crippen molar-refractivity contribution in [3.63, 3.8) is 0 Å². The summed E-state index contributed by atoms with van der Waals surface area (Å²) in [4.78, 5) is 2.19. The van der Waals surface area contributed by atoms with E-state index >= 15 is 0 Å². The van der Waals surface area contributed by atoms with E-state index in [-0.39, 0.29) is 0 Å². The molecule has 0 amide bonds. The van der Waals surface area contributed by atoms with Crippen LogP contribution in [0.2, 0.25) is 0 Å². The number of nitrogens with two attached hydrogens (primary N) is 1. The van der Waals surface area contributed by atoms with E-state index in [1.165, 1.54) is 12.1 Å². The van der Waals surface area contributed by atoms with E-state index in [9.17, 15) is 8.78 Å². The zero-order valence-electron chi connectivity index (χ0n) is 9.83. The Labute approximate surface area is 100 Å². The lowest BCUT2D eigenvalue weighted by Crippen LogP contribution is -2.38. The molecule has 1 aliphatic heterocycles. The molecular weight excluding hydrogens is 222 g/mol. The van der Waals surface area contributed by atoms with E-state index in [4.69, 9.17) is 5.73 Å². The minimum atomic E-state index is -0.523. The Morgan fingerprint density at radius 2 is 2.18 bits per heavy atom. The minimum Gasteiger partial charge on any atom is -0.330 e. The van der Waals surface area contributed by atoms with Crippen molar-refractivity contribution in [2.24, 2.45) is 11.7 Å². The van der Waals surface area contributed by atoms with Crippen LogP contribution in [0, 0.1) is 17.6 Å². The molecule has 0 aromatic heterocycles. The van der Waals surface area contributed by atoms with Gasteiger partial charge in [0.2, 0.25) is 0 Å². The summed E-state index contributed by atoms with van der Waals surface area (Å²) in [6.45, 7) is 3.10. The molecule has 4 heteroatoms. The van der Waals surface area contributed by atoms with Crippen molar-refractivity contribution in [2.75, 3.05) is 19.6 Å². The van der Waals surface area contributed by atoms with Crippen LogP contribution >= 0.6 is 0 Å². The molecule has 0 radical (unpaired) electrons. The van der Waals surface area contributed by atoms with Gasteiger partial charge >= 0.3 is 0 Å². The second-order valence-electron chi connectivity index (χ2n) is 4.71. The fourth-order valence-electron chi connectivity index (χ4n) is 2.38. The molecule has 0 bridgehead atoms. The van der Waals surface area contributed by atoms with Gasteiger partial charge in [-0.2, -0.15) is 0 Å². The predicted molar refractivity (Wildman–Crippen MR) is 63.4 cm³/mol. The molecule has 1 saturated heterocycles. The van der Waals surface area contributed by atoms with Gasteiger partial charge < -0.3 is 5.73 Å². The number of hydrogen-bond acceptors (Lipinski definition) is 2. The van der Waals surface area contributed by atoms with E-state index < -0.39 is 11.6 Å². The third-order valence-electron chi connectivity index (χ3n) is 3.35. The lowest BCUT2D eigenvalue weighted by atomic mass is 9.98. The lowest BCUT2D eigenvalue weighted by Gasteiger charge is -2.32. The van der Waals surface area contributed by atoms with Crippen LogP contribution in [-0.2, 0) is 6.54 Å². The summed E-state index contributed by atoms with van der Waals surface area (Å²) in [6, 6.07) is 3.78. The first-order valence-electron chi connectivity index (χ1n) is 6.05. The first-order valence-corrected chi connectivity index (χ1v) is 6.05. The van der Waals surface area contributed by atoms with Crippen molar-refractivity contribution in [1.29, 1.82) is 0 Å². The molecule has 0 unspecified atom stereocenters. The topological polar surface area (TPSA) is 29.3 Å². The maximum atomic E-state index is 13.5. The van der Waals surface area contributed by atoms with Crippen molar-refractivity contribution in [1.82, 2.24) is 4.90 Å². The van der Waals surface area contributed by atoms with Crippen LogP contribution in [0.15, 0.2) is 18.2 Å². The van der Waals surface area contributed by atoms with Crippen LogP contribution in [-0.4, -0.2) is 24.5 Å². The van der Waals surface area contributed by atoms with Gasteiger partial charge in [-0.1, -0.05) is 6.07 Å². The largest absolute Gasteiger partial charge is 0.330 e. The normalized spacial score (nSPS) is 21.7. The summed E-state index contributed by atoms with van der Waals surface area (Å²) in [5.41, 5.74) is 6.22. The molecule has 2 N–H and O–H groups in total. The van der Waals surface area contributed by atoms with Crippen LogP contribution < -0.4 is 5.73 Å². The number of hydrogen-bond donors (Lipinski definition) is 1. The molecule has 1 aromatic rings. The number of nitrogens with zero attached hydrogens (tertiary/aromatic N) is 1. The Hall–Kier alpha value is -1.00. The summed E-state index contributed by atoms with van der Waals surface area (Å²) in [5.74, 6) is -0.475. The number of piperidine rings is 1. The molecule has 1 aliphatic rings. The molecule has 17 heavy (non-hydrogen) atoms. The van der Waals surface area contributed by atoms with Crippen molar-refractivity contribution >= 4 is 0 Å². The summed E-state index contributed by atoms with van der Waals surface area (Å²) < 4.78 is 26.3. The monoisotopic (exact) mass is 240 g/mol. The molecule has 1 fully saturated rings. The van der Waals surface area contributed by atoms with Gasteiger partial charge in [-0.25, -0.2) is 8.78 Å². The zero-order chi connectivity index (χ0) is 12.3. The highest BCUT2D eigenvalue weighted by molar-refractivity contribution is 5.18. The molecule has 1 heterocycles. The molecular formula is C13H18F2N2. The van der Waals surface area contributed by atoms with Crippen LogP contribution in [0.5, 0.6) is 0 Å². The Kier molecular flexibility index (Phi) is 4.07. The molecule has 2 nitrogen and oxygen atoms in total. The smallest absolute Gasteiger partial charge is 0.130 e. The number of halogens is 2. The average molecular weight is 240 g/mol. The van der Waals surface area contributed by atoms with Crippen LogP contribution in [0.3, 0.4) is 0 Å². The molecule has 1 atom stereocenters. The van der Waals surface area contributed by atoms with E-state index in [2.05, 4.69) is 4.90 Å². The fourth-order valence-corrected chi connectivity index (χ4v) is 2.38. The molecule has 1 aromatic carbocycles. The molecule has 0 spiro atoms.